The van der Waals surface area contributed by atoms with Gasteiger partial charge in [0.15, 0.2) is 0 Å². The second-order valence-electron chi connectivity index (χ2n) is 4.78. The van der Waals surface area contributed by atoms with E-state index in [0.29, 0.717) is 6.07 Å². The Labute approximate surface area is 146 Å². The molecule has 0 aliphatic rings. The Morgan fingerprint density at radius 3 is 2.40 bits per heavy atom. The van der Waals surface area contributed by atoms with E-state index in [1.54, 1.807) is 0 Å². The van der Waals surface area contributed by atoms with Crippen LogP contribution in [0.4, 0.5) is 18.9 Å². The van der Waals surface area contributed by atoms with Gasteiger partial charge in [-0.15, -0.1) is 0 Å². The van der Waals surface area contributed by atoms with E-state index >= 15 is 0 Å². The van der Waals surface area contributed by atoms with Crippen LogP contribution >= 0.6 is 11.6 Å². The highest BCUT2D eigenvalue weighted by atomic mass is 35.5. The summed E-state index contributed by atoms with van der Waals surface area (Å²) in [5.74, 6) is -0.876. The number of carbonyl (C=O) groups excluding carboxylic acids is 1. The lowest BCUT2D eigenvalue weighted by atomic mass is 10.2. The summed E-state index contributed by atoms with van der Waals surface area (Å²) in [7, 11) is -3.57. The van der Waals surface area contributed by atoms with E-state index in [1.807, 2.05) is 4.72 Å². The topological polar surface area (TPSA) is 72.5 Å². The van der Waals surface area contributed by atoms with Crippen LogP contribution in [0, 0.1) is 0 Å². The first-order chi connectivity index (χ1) is 11.6. The molecule has 2 aromatic carbocycles. The highest BCUT2D eigenvalue weighted by molar-refractivity contribution is 7.92. The van der Waals surface area contributed by atoms with E-state index in [4.69, 9.17) is 11.6 Å². The predicted molar refractivity (Wildman–Crippen MR) is 85.0 cm³/mol. The van der Waals surface area contributed by atoms with Gasteiger partial charge in [-0.2, -0.15) is 13.2 Å². The zero-order valence-electron chi connectivity index (χ0n) is 12.6. The maximum absolute atomic E-state index is 13.1. The summed E-state index contributed by atoms with van der Waals surface area (Å²) in [5, 5.41) is 0.0782. The molecule has 0 heterocycles. The van der Waals surface area contributed by atoms with Gasteiger partial charge in [-0.1, -0.05) is 23.7 Å². The molecule has 0 aliphatic heterocycles. The molecule has 0 spiro atoms. The number of alkyl halides is 3. The highest BCUT2D eigenvalue weighted by Gasteiger charge is 2.37. The minimum Gasteiger partial charge on any atom is -0.465 e. The van der Waals surface area contributed by atoms with Crippen molar-refractivity contribution in [3.63, 3.8) is 0 Å². The molecular weight excluding hydrogens is 383 g/mol. The number of anilines is 1. The van der Waals surface area contributed by atoms with Gasteiger partial charge in [0.05, 0.1) is 28.8 Å². The first kappa shape index (κ1) is 19.1. The van der Waals surface area contributed by atoms with Crippen LogP contribution in [-0.2, 0) is 20.9 Å². The molecule has 25 heavy (non-hydrogen) atoms. The number of carbonyl (C=O) groups is 1. The molecule has 1 N–H and O–H groups in total. The SMILES string of the molecule is COC(=O)c1ccc(Cl)cc1NS(=O)(=O)c1ccccc1C(F)(F)F. The van der Waals surface area contributed by atoms with Crippen LogP contribution in [-0.4, -0.2) is 21.5 Å². The van der Waals surface area contributed by atoms with Crippen molar-refractivity contribution in [3.05, 3.63) is 58.6 Å². The lowest BCUT2D eigenvalue weighted by Gasteiger charge is -2.15. The van der Waals surface area contributed by atoms with E-state index in [0.717, 1.165) is 31.4 Å². The first-order valence-electron chi connectivity index (χ1n) is 6.63. The van der Waals surface area contributed by atoms with E-state index in [9.17, 15) is 26.4 Å². The normalized spacial score (nSPS) is 11.9. The summed E-state index contributed by atoms with van der Waals surface area (Å²) in [5.41, 5.74) is -1.82. The third-order valence-corrected chi connectivity index (χ3v) is 4.77. The van der Waals surface area contributed by atoms with Gasteiger partial charge < -0.3 is 4.74 Å². The van der Waals surface area contributed by atoms with E-state index in [1.165, 1.54) is 12.1 Å². The molecule has 134 valence electrons. The fourth-order valence-corrected chi connectivity index (χ4v) is 3.50. The molecule has 0 saturated carbocycles. The molecule has 0 atom stereocenters. The van der Waals surface area contributed by atoms with Crippen molar-refractivity contribution < 1.29 is 31.1 Å². The first-order valence-corrected chi connectivity index (χ1v) is 8.49. The molecular formula is C15H11ClF3NO4S. The summed E-state index contributed by atoms with van der Waals surface area (Å²) in [6.07, 6.45) is -4.87. The molecule has 2 aromatic rings. The fourth-order valence-electron chi connectivity index (χ4n) is 2.02. The van der Waals surface area contributed by atoms with Crippen molar-refractivity contribution in [2.75, 3.05) is 11.8 Å². The highest BCUT2D eigenvalue weighted by Crippen LogP contribution is 2.35. The number of hydrogen-bond donors (Lipinski definition) is 1. The number of sulfonamides is 1. The molecule has 10 heteroatoms. The Balaban J connectivity index is 2.55. The van der Waals surface area contributed by atoms with Crippen molar-refractivity contribution in [3.8, 4) is 0 Å². The number of nitrogens with one attached hydrogen (secondary N) is 1. The maximum Gasteiger partial charge on any atom is 0.417 e. The number of ether oxygens (including phenoxy) is 1. The lowest BCUT2D eigenvalue weighted by molar-refractivity contribution is -0.139. The minimum atomic E-state index is -4.87. The number of hydrogen-bond acceptors (Lipinski definition) is 4. The quantitative estimate of drug-likeness (QED) is 0.798. The standard InChI is InChI=1S/C15H11ClF3NO4S/c1-24-14(21)10-7-6-9(16)8-12(10)20-25(22,23)13-5-3-2-4-11(13)15(17,18)19/h2-8,20H,1H3. The second kappa shape index (κ2) is 6.93. The van der Waals surface area contributed by atoms with Crippen LogP contribution in [0.15, 0.2) is 47.4 Å². The zero-order chi connectivity index (χ0) is 18.8. The summed E-state index contributed by atoms with van der Waals surface area (Å²) in [6, 6.07) is 7.30. The van der Waals surface area contributed by atoms with Crippen LogP contribution < -0.4 is 4.72 Å². The van der Waals surface area contributed by atoms with Gasteiger partial charge in [0.1, 0.15) is 0 Å². The van der Waals surface area contributed by atoms with E-state index in [2.05, 4.69) is 4.74 Å². The number of rotatable bonds is 4. The molecule has 2 rings (SSSR count). The fraction of sp³-hybridized carbons (Fsp3) is 0.133. The molecule has 0 radical (unpaired) electrons. The molecule has 5 nitrogen and oxygen atoms in total. The zero-order valence-corrected chi connectivity index (χ0v) is 14.2. The van der Waals surface area contributed by atoms with Gasteiger partial charge in [0.2, 0.25) is 0 Å². The number of halogens is 4. The van der Waals surface area contributed by atoms with Crippen LogP contribution in [0.3, 0.4) is 0 Å². The molecule has 0 aromatic heterocycles. The molecule has 0 aliphatic carbocycles. The van der Waals surface area contributed by atoms with Crippen molar-refractivity contribution in [1.82, 2.24) is 0 Å². The number of benzene rings is 2. The van der Waals surface area contributed by atoms with Crippen molar-refractivity contribution >= 4 is 33.3 Å². The maximum atomic E-state index is 13.1. The average Bonchev–Trinajstić information content (AvgIpc) is 2.53. The molecule has 0 amide bonds. The second-order valence-corrected chi connectivity index (χ2v) is 6.87. The van der Waals surface area contributed by atoms with Gasteiger partial charge in [-0.25, -0.2) is 13.2 Å². The third-order valence-electron chi connectivity index (χ3n) is 3.11. The number of methoxy groups -OCH3 is 1. The Kier molecular flexibility index (Phi) is 5.28. The summed E-state index contributed by atoms with van der Waals surface area (Å²) >= 11 is 5.78. The van der Waals surface area contributed by atoms with E-state index in [-0.39, 0.29) is 16.3 Å². The smallest absolute Gasteiger partial charge is 0.417 e. The Hall–Kier alpha value is -2.26. The molecule has 0 bridgehead atoms. The predicted octanol–water partition coefficient (Wildman–Crippen LogP) is 3.95. The third kappa shape index (κ3) is 4.23. The minimum absolute atomic E-state index is 0.0782. The Bertz CT molecular complexity index is 913. The van der Waals surface area contributed by atoms with Crippen LogP contribution in [0.2, 0.25) is 5.02 Å². The average molecular weight is 394 g/mol. The van der Waals surface area contributed by atoms with Gasteiger partial charge in [0, 0.05) is 5.02 Å². The van der Waals surface area contributed by atoms with Crippen molar-refractivity contribution in [2.24, 2.45) is 0 Å². The largest absolute Gasteiger partial charge is 0.465 e. The van der Waals surface area contributed by atoms with Crippen molar-refractivity contribution in [1.29, 1.82) is 0 Å². The van der Waals surface area contributed by atoms with Gasteiger partial charge in [0.25, 0.3) is 10.0 Å². The summed E-state index contributed by atoms with van der Waals surface area (Å²) in [6.45, 7) is 0. The molecule has 0 fully saturated rings. The summed E-state index contributed by atoms with van der Waals surface area (Å²) in [4.78, 5) is 10.7. The molecule has 0 saturated heterocycles. The molecule has 0 unspecified atom stereocenters. The monoisotopic (exact) mass is 393 g/mol. The summed E-state index contributed by atoms with van der Waals surface area (Å²) < 4.78 is 70.5. The Morgan fingerprint density at radius 1 is 1.16 bits per heavy atom. The van der Waals surface area contributed by atoms with Crippen LogP contribution in [0.5, 0.6) is 0 Å². The lowest BCUT2D eigenvalue weighted by Crippen LogP contribution is -2.20. The van der Waals surface area contributed by atoms with E-state index < -0.39 is 32.6 Å². The van der Waals surface area contributed by atoms with Crippen molar-refractivity contribution in [2.45, 2.75) is 11.1 Å². The van der Waals surface area contributed by atoms with Gasteiger partial charge >= 0.3 is 12.1 Å². The van der Waals surface area contributed by atoms with Crippen LogP contribution in [0.25, 0.3) is 0 Å². The Morgan fingerprint density at radius 2 is 1.80 bits per heavy atom. The van der Waals surface area contributed by atoms with Crippen LogP contribution in [0.1, 0.15) is 15.9 Å². The van der Waals surface area contributed by atoms with Gasteiger partial charge in [-0.3, -0.25) is 4.72 Å². The number of esters is 1. The van der Waals surface area contributed by atoms with Gasteiger partial charge in [-0.05, 0) is 30.3 Å².